The standard InChI is InChI=1S/C39H34F2N3O8P/c1-25(2)52-31-20-21-32(36(45)46)33(22-31)28-16-12-27(13-17-28)24-51-37(47)38(29-8-4-3-5-9-29,44-35-11-7-6-10-34(35)42-43-44)23-26-14-18-30(19-15-26)39(40,41)53(48,49)50/h3-22,25H,23-24H2,1-2H3,(H3,45,46,48,49,50)/p+1. The Balaban J connectivity index is 1.37. The van der Waals surface area contributed by atoms with Gasteiger partial charge < -0.3 is 24.4 Å². The van der Waals surface area contributed by atoms with Crippen molar-refractivity contribution in [3.8, 4) is 16.9 Å². The minimum Gasteiger partial charge on any atom is -0.491 e. The number of alkyl halides is 2. The maximum Gasteiger partial charge on any atom is 0.399 e. The number of carbonyl (C=O) groups is 2. The lowest BCUT2D eigenvalue weighted by Gasteiger charge is -2.29. The van der Waals surface area contributed by atoms with E-state index >= 15 is 0 Å². The molecule has 272 valence electrons. The fourth-order valence-corrected chi connectivity index (χ4v) is 6.62. The van der Waals surface area contributed by atoms with Gasteiger partial charge in [0.15, 0.2) is 0 Å². The third kappa shape index (κ3) is 7.45. The molecule has 0 aliphatic heterocycles. The highest BCUT2D eigenvalue weighted by Crippen LogP contribution is 2.59. The first kappa shape index (κ1) is 37.0. The first-order valence-electron chi connectivity index (χ1n) is 16.5. The van der Waals surface area contributed by atoms with Crippen molar-refractivity contribution in [2.45, 2.75) is 44.2 Å². The molecule has 14 heteroatoms. The van der Waals surface area contributed by atoms with Gasteiger partial charge in [-0.25, -0.2) is 9.59 Å². The zero-order chi connectivity index (χ0) is 38.0. The first-order valence-corrected chi connectivity index (χ1v) is 18.1. The number of fused-ring (bicyclic) bond motifs is 1. The summed E-state index contributed by atoms with van der Waals surface area (Å²) in [4.78, 5) is 45.2. The van der Waals surface area contributed by atoms with Crippen LogP contribution in [0.2, 0.25) is 0 Å². The predicted octanol–water partition coefficient (Wildman–Crippen LogP) is 6.96. The molecule has 5 aromatic carbocycles. The number of H-pyrrole nitrogens is 1. The van der Waals surface area contributed by atoms with Gasteiger partial charge in [-0.15, -0.1) is 4.68 Å². The third-order valence-electron chi connectivity index (χ3n) is 8.72. The van der Waals surface area contributed by atoms with Crippen molar-refractivity contribution in [3.63, 3.8) is 0 Å². The summed E-state index contributed by atoms with van der Waals surface area (Å²) in [5.74, 6) is -1.30. The number of carboxylic acid groups (broad SMARTS) is 1. The Morgan fingerprint density at radius 3 is 2.13 bits per heavy atom. The molecule has 11 nitrogen and oxygen atoms in total. The van der Waals surface area contributed by atoms with Gasteiger partial charge in [-0.2, -0.15) is 8.78 Å². The number of ether oxygens (including phenoxy) is 2. The molecule has 6 aromatic rings. The summed E-state index contributed by atoms with van der Waals surface area (Å²) >= 11 is 0. The molecule has 1 atom stereocenters. The number of aromatic nitrogens is 3. The fourth-order valence-electron chi connectivity index (χ4n) is 6.13. The molecule has 0 aliphatic rings. The van der Waals surface area contributed by atoms with Crippen LogP contribution >= 0.6 is 7.60 Å². The van der Waals surface area contributed by atoms with Crippen molar-refractivity contribution in [2.24, 2.45) is 0 Å². The second-order valence-corrected chi connectivity index (χ2v) is 14.3. The van der Waals surface area contributed by atoms with Crippen LogP contribution in [0.1, 0.15) is 46.5 Å². The highest BCUT2D eigenvalue weighted by molar-refractivity contribution is 7.52. The number of esters is 1. The molecule has 0 saturated carbocycles. The van der Waals surface area contributed by atoms with Crippen LogP contribution in [0.25, 0.3) is 22.2 Å². The first-order chi connectivity index (χ1) is 25.2. The van der Waals surface area contributed by atoms with Crippen molar-refractivity contribution >= 4 is 30.6 Å². The molecule has 0 aliphatic carbocycles. The minimum atomic E-state index is -5.81. The van der Waals surface area contributed by atoms with Crippen LogP contribution in [0, 0.1) is 0 Å². The average Bonchev–Trinajstić information content (AvgIpc) is 3.57. The van der Waals surface area contributed by atoms with Gasteiger partial charge in [0.1, 0.15) is 12.4 Å². The number of para-hydroxylation sites is 2. The zero-order valence-electron chi connectivity index (χ0n) is 28.5. The van der Waals surface area contributed by atoms with Gasteiger partial charge in [0.2, 0.25) is 11.0 Å². The normalized spacial score (nSPS) is 13.1. The van der Waals surface area contributed by atoms with Crippen molar-refractivity contribution in [3.05, 3.63) is 149 Å². The molecule has 0 bridgehead atoms. The number of carboxylic acids is 1. The summed E-state index contributed by atoms with van der Waals surface area (Å²) in [5, 5.41) is 17.2. The molecule has 0 spiro atoms. The number of rotatable bonds is 13. The van der Waals surface area contributed by atoms with Gasteiger partial charge in [-0.1, -0.05) is 96.2 Å². The topological polar surface area (TPSA) is 163 Å². The molecule has 1 aromatic heterocycles. The molecule has 53 heavy (non-hydrogen) atoms. The van der Waals surface area contributed by atoms with E-state index in [0.717, 1.165) is 12.1 Å². The summed E-state index contributed by atoms with van der Waals surface area (Å²) in [5.41, 5.74) is -3.28. The molecule has 0 amide bonds. The van der Waals surface area contributed by atoms with E-state index in [2.05, 4.69) is 10.3 Å². The monoisotopic (exact) mass is 742 g/mol. The van der Waals surface area contributed by atoms with Gasteiger partial charge in [0, 0.05) is 22.6 Å². The van der Waals surface area contributed by atoms with Gasteiger partial charge >= 0.3 is 25.2 Å². The predicted molar refractivity (Wildman–Crippen MR) is 190 cm³/mol. The number of hydrogen-bond donors (Lipinski definition) is 4. The van der Waals surface area contributed by atoms with Gasteiger partial charge in [-0.05, 0) is 66.4 Å². The smallest absolute Gasteiger partial charge is 0.399 e. The van der Waals surface area contributed by atoms with Crippen molar-refractivity contribution in [2.75, 3.05) is 0 Å². The van der Waals surface area contributed by atoms with Crippen LogP contribution in [0.15, 0.2) is 121 Å². The number of hydrogen-bond acceptors (Lipinski definition) is 6. The quantitative estimate of drug-likeness (QED) is 0.0557. The number of aromatic amines is 1. The van der Waals surface area contributed by atoms with E-state index in [9.17, 15) is 37.8 Å². The van der Waals surface area contributed by atoms with E-state index in [0.29, 0.717) is 44.6 Å². The maximum absolute atomic E-state index is 14.7. The number of nitrogens with zero attached hydrogens (tertiary/aromatic N) is 2. The van der Waals surface area contributed by atoms with Crippen LogP contribution in [0.3, 0.4) is 0 Å². The molecule has 6 rings (SSSR count). The van der Waals surface area contributed by atoms with Crippen molar-refractivity contribution in [1.29, 1.82) is 0 Å². The highest BCUT2D eigenvalue weighted by atomic mass is 31.2. The lowest BCUT2D eigenvalue weighted by molar-refractivity contribution is -0.771. The molecular weight excluding hydrogens is 707 g/mol. The lowest BCUT2D eigenvalue weighted by Crippen LogP contribution is -2.65. The summed E-state index contributed by atoms with van der Waals surface area (Å²) in [6.45, 7) is 3.55. The largest absolute Gasteiger partial charge is 0.491 e. The Labute approximate surface area is 302 Å². The Kier molecular flexibility index (Phi) is 10.3. The number of nitrogens with one attached hydrogen (secondary N) is 1. The van der Waals surface area contributed by atoms with Gasteiger partial charge in [0.05, 0.1) is 11.7 Å². The average molecular weight is 743 g/mol. The second kappa shape index (κ2) is 14.7. The van der Waals surface area contributed by atoms with E-state index in [1.54, 1.807) is 95.7 Å². The number of aromatic carboxylic acids is 1. The maximum atomic E-state index is 14.7. The van der Waals surface area contributed by atoms with E-state index in [4.69, 9.17) is 9.47 Å². The van der Waals surface area contributed by atoms with Crippen LogP contribution in [-0.4, -0.2) is 43.2 Å². The van der Waals surface area contributed by atoms with Gasteiger partial charge in [0.25, 0.3) is 5.54 Å². The van der Waals surface area contributed by atoms with Crippen LogP contribution in [0.4, 0.5) is 8.78 Å². The summed E-state index contributed by atoms with van der Waals surface area (Å²) in [6.07, 6.45) is -0.256. The molecule has 0 saturated heterocycles. The molecule has 0 fully saturated rings. The Hall–Kier alpha value is -5.75. The number of benzene rings is 5. The minimum absolute atomic E-state index is 0.0928. The summed E-state index contributed by atoms with van der Waals surface area (Å²) in [7, 11) is -5.81. The molecule has 1 heterocycles. The van der Waals surface area contributed by atoms with E-state index in [-0.39, 0.29) is 24.7 Å². The SMILES string of the molecule is CC(C)Oc1ccc(C(=O)O)c(-c2ccc(COC(=O)C(Cc3ccc(C(F)(F)P(=O)(O)O)cc3)(c3ccccc3)[n+]3[nH]nc4ccccc43)cc2)c1. The van der Waals surface area contributed by atoms with Crippen LogP contribution in [0.5, 0.6) is 5.75 Å². The Morgan fingerprint density at radius 2 is 1.49 bits per heavy atom. The van der Waals surface area contributed by atoms with Gasteiger partial charge in [-0.3, -0.25) is 4.57 Å². The van der Waals surface area contributed by atoms with E-state index < -0.39 is 36.3 Å². The molecule has 4 N–H and O–H groups in total. The lowest BCUT2D eigenvalue weighted by atomic mass is 9.83. The molecular formula is C39H35F2N3O8P+. The summed E-state index contributed by atoms with van der Waals surface area (Å²) < 4.78 is 54.0. The van der Waals surface area contributed by atoms with E-state index in [1.807, 2.05) is 13.8 Å². The fraction of sp³-hybridized carbons (Fsp3) is 0.179. The molecule has 0 radical (unpaired) electrons. The number of carbonyl (C=O) groups excluding carboxylic acids is 1. The van der Waals surface area contributed by atoms with E-state index in [1.165, 1.54) is 18.2 Å². The van der Waals surface area contributed by atoms with Crippen molar-refractivity contribution < 1.29 is 52.0 Å². The third-order valence-corrected chi connectivity index (χ3v) is 9.71. The number of halogens is 2. The Bertz CT molecular complexity index is 2310. The van der Waals surface area contributed by atoms with Crippen LogP contribution < -0.4 is 9.42 Å². The zero-order valence-corrected chi connectivity index (χ0v) is 29.4. The highest BCUT2D eigenvalue weighted by Gasteiger charge is 2.52. The van der Waals surface area contributed by atoms with Crippen LogP contribution in [-0.2, 0) is 38.3 Å². The van der Waals surface area contributed by atoms with Crippen molar-refractivity contribution in [1.82, 2.24) is 10.3 Å². The second-order valence-electron chi connectivity index (χ2n) is 12.7. The summed E-state index contributed by atoms with van der Waals surface area (Å²) in [6, 6.07) is 31.8. The Morgan fingerprint density at radius 1 is 0.849 bits per heavy atom. The molecule has 1 unspecified atom stereocenters.